The van der Waals surface area contributed by atoms with Crippen molar-refractivity contribution in [3.63, 3.8) is 0 Å². The molecule has 0 saturated heterocycles. The van der Waals surface area contributed by atoms with Crippen LogP contribution in [0.3, 0.4) is 0 Å². The number of anilines is 2. The number of halogens is 4. The van der Waals surface area contributed by atoms with Crippen molar-refractivity contribution in [3.8, 4) is 0 Å². The number of nitrogens with one attached hydrogen (secondary N) is 1. The van der Waals surface area contributed by atoms with E-state index in [-0.39, 0.29) is 17.8 Å². The van der Waals surface area contributed by atoms with Crippen molar-refractivity contribution in [1.29, 1.82) is 0 Å². The van der Waals surface area contributed by atoms with Crippen LogP contribution in [0.5, 0.6) is 0 Å². The zero-order valence-electron chi connectivity index (χ0n) is 16.9. The van der Waals surface area contributed by atoms with Gasteiger partial charge in [-0.15, -0.1) is 0 Å². The topological polar surface area (TPSA) is 50.2 Å². The van der Waals surface area contributed by atoms with E-state index in [0.29, 0.717) is 12.1 Å². The Morgan fingerprint density at radius 1 is 1.09 bits per heavy atom. The third kappa shape index (κ3) is 3.51. The van der Waals surface area contributed by atoms with E-state index in [4.69, 9.17) is 0 Å². The van der Waals surface area contributed by atoms with E-state index in [2.05, 4.69) is 10.4 Å². The molecule has 0 bridgehead atoms. The maximum absolute atomic E-state index is 13.9. The molecule has 0 unspecified atom stereocenters. The fourth-order valence-electron chi connectivity index (χ4n) is 4.52. The minimum Gasteiger partial charge on any atom is -0.363 e. The fourth-order valence-corrected chi connectivity index (χ4v) is 4.52. The van der Waals surface area contributed by atoms with E-state index in [9.17, 15) is 22.4 Å². The summed E-state index contributed by atoms with van der Waals surface area (Å²) in [6, 6.07) is 10.2. The first kappa shape index (κ1) is 20.5. The van der Waals surface area contributed by atoms with Crippen LogP contribution in [0.4, 0.5) is 29.1 Å². The van der Waals surface area contributed by atoms with Crippen LogP contribution in [0.25, 0.3) is 0 Å². The number of aryl methyl sites for hydroxylation is 1. The number of nitrogens with zero attached hydrogens (tertiary/aromatic N) is 3. The average molecular weight is 444 g/mol. The van der Waals surface area contributed by atoms with E-state index in [0.717, 1.165) is 28.8 Å². The molecule has 1 N–H and O–H groups in total. The molecule has 0 radical (unpaired) electrons. The molecule has 0 aliphatic carbocycles. The van der Waals surface area contributed by atoms with Gasteiger partial charge >= 0.3 is 6.18 Å². The van der Waals surface area contributed by atoms with Gasteiger partial charge in [0.15, 0.2) is 6.04 Å². The first-order chi connectivity index (χ1) is 15.3. The summed E-state index contributed by atoms with van der Waals surface area (Å²) >= 11 is 0. The van der Waals surface area contributed by atoms with Gasteiger partial charge in [-0.25, -0.2) is 9.07 Å². The Bertz CT molecular complexity index is 1160. The number of rotatable bonds is 2. The number of hydrogen-bond acceptors (Lipinski definition) is 3. The molecule has 5 rings (SSSR count). The summed E-state index contributed by atoms with van der Waals surface area (Å²) in [6.07, 6.45) is -2.06. The summed E-state index contributed by atoms with van der Waals surface area (Å²) in [5.74, 6) is -0.839. The molecular weight excluding hydrogens is 424 g/mol. The number of benzene rings is 2. The summed E-state index contributed by atoms with van der Waals surface area (Å²) < 4.78 is 55.9. The minimum atomic E-state index is -4.56. The molecule has 1 amide bonds. The van der Waals surface area contributed by atoms with Gasteiger partial charge in [0.25, 0.3) is 5.91 Å². The van der Waals surface area contributed by atoms with Crippen LogP contribution >= 0.6 is 0 Å². The smallest absolute Gasteiger partial charge is 0.363 e. The van der Waals surface area contributed by atoms with Crippen molar-refractivity contribution in [2.75, 3.05) is 16.8 Å². The summed E-state index contributed by atoms with van der Waals surface area (Å²) in [5.41, 5.74) is 2.39. The Morgan fingerprint density at radius 3 is 2.59 bits per heavy atom. The lowest BCUT2D eigenvalue weighted by molar-refractivity contribution is -0.173. The highest BCUT2D eigenvalue weighted by molar-refractivity contribution is 6.09. The molecule has 3 heterocycles. The Hall–Kier alpha value is -3.36. The predicted octanol–water partition coefficient (Wildman–Crippen LogP) is 5.28. The largest absolute Gasteiger partial charge is 0.410 e. The van der Waals surface area contributed by atoms with Crippen molar-refractivity contribution >= 4 is 17.4 Å². The monoisotopic (exact) mass is 444 g/mol. The molecular formula is C23H20F4N4O. The standard InChI is InChI=1S/C23H20F4N4O/c24-16-9-7-14(8-10-16)18-12-20(23(25,26)27)31-21(29-18)17(13-28-31)22(32)30-11-3-5-15-4-1-2-6-19(15)30/h1-2,4,6-10,13,18,20,29H,3,5,11-12H2/t18-,20-/m1/s1. The van der Waals surface area contributed by atoms with E-state index in [1.807, 2.05) is 24.3 Å². The predicted molar refractivity (Wildman–Crippen MR) is 111 cm³/mol. The molecule has 166 valence electrons. The number of carbonyl (C=O) groups is 1. The van der Waals surface area contributed by atoms with Crippen molar-refractivity contribution < 1.29 is 22.4 Å². The molecule has 5 nitrogen and oxygen atoms in total. The third-order valence-electron chi connectivity index (χ3n) is 6.10. The maximum atomic E-state index is 13.9. The van der Waals surface area contributed by atoms with Gasteiger partial charge in [-0.2, -0.15) is 18.3 Å². The number of fused-ring (bicyclic) bond motifs is 2. The summed E-state index contributed by atoms with van der Waals surface area (Å²) in [4.78, 5) is 15.0. The first-order valence-electron chi connectivity index (χ1n) is 10.4. The zero-order chi connectivity index (χ0) is 22.5. The number of aromatic nitrogens is 2. The van der Waals surface area contributed by atoms with Crippen LogP contribution in [-0.2, 0) is 6.42 Å². The van der Waals surface area contributed by atoms with Crippen molar-refractivity contribution in [3.05, 3.63) is 77.2 Å². The number of hydrogen-bond donors (Lipinski definition) is 1. The molecule has 32 heavy (non-hydrogen) atoms. The molecule has 2 aliphatic rings. The number of para-hydroxylation sites is 1. The number of amides is 1. The second-order valence-corrected chi connectivity index (χ2v) is 8.08. The summed E-state index contributed by atoms with van der Waals surface area (Å²) in [5, 5.41) is 7.00. The number of carbonyl (C=O) groups excluding carboxylic acids is 1. The summed E-state index contributed by atoms with van der Waals surface area (Å²) in [7, 11) is 0. The van der Waals surface area contributed by atoms with Gasteiger partial charge in [0.1, 0.15) is 17.2 Å². The molecule has 0 fully saturated rings. The lowest BCUT2D eigenvalue weighted by Gasteiger charge is -2.35. The van der Waals surface area contributed by atoms with Crippen LogP contribution in [0.2, 0.25) is 0 Å². The highest BCUT2D eigenvalue weighted by atomic mass is 19.4. The molecule has 2 atom stereocenters. The molecule has 2 aromatic carbocycles. The van der Waals surface area contributed by atoms with Gasteiger partial charge in [-0.05, 0) is 42.2 Å². The van der Waals surface area contributed by atoms with Gasteiger partial charge in [-0.1, -0.05) is 30.3 Å². The molecule has 0 saturated carbocycles. The molecule has 9 heteroatoms. The van der Waals surface area contributed by atoms with Gasteiger partial charge in [0, 0.05) is 18.7 Å². The fraction of sp³-hybridized carbons (Fsp3) is 0.304. The van der Waals surface area contributed by atoms with Gasteiger partial charge in [0.05, 0.1) is 12.2 Å². The van der Waals surface area contributed by atoms with Crippen molar-refractivity contribution in [2.45, 2.75) is 37.5 Å². The Labute approximate surface area is 181 Å². The average Bonchev–Trinajstić information content (AvgIpc) is 3.21. The van der Waals surface area contributed by atoms with Gasteiger partial charge in [-0.3, -0.25) is 4.79 Å². The van der Waals surface area contributed by atoms with E-state index in [1.165, 1.54) is 30.5 Å². The Balaban J connectivity index is 1.54. The molecule has 3 aromatic rings. The van der Waals surface area contributed by atoms with Crippen LogP contribution in [0.15, 0.2) is 54.7 Å². The SMILES string of the molecule is O=C(c1cnn2c1N[C@@H](c1ccc(F)cc1)C[C@@H]2C(F)(F)F)N1CCCc2ccccc21. The van der Waals surface area contributed by atoms with Crippen LogP contribution in [0, 0.1) is 5.82 Å². The van der Waals surface area contributed by atoms with Crippen LogP contribution in [-0.4, -0.2) is 28.4 Å². The zero-order valence-corrected chi connectivity index (χ0v) is 16.9. The molecule has 2 aliphatic heterocycles. The Morgan fingerprint density at radius 2 is 1.84 bits per heavy atom. The highest BCUT2D eigenvalue weighted by Crippen LogP contribution is 2.44. The van der Waals surface area contributed by atoms with Crippen molar-refractivity contribution in [1.82, 2.24) is 9.78 Å². The molecule has 0 spiro atoms. The minimum absolute atomic E-state index is 0.0287. The second kappa shape index (κ2) is 7.65. The van der Waals surface area contributed by atoms with Crippen LogP contribution in [0.1, 0.15) is 46.4 Å². The lowest BCUT2D eigenvalue weighted by Crippen LogP contribution is -2.38. The van der Waals surface area contributed by atoms with Gasteiger partial charge in [0.2, 0.25) is 0 Å². The van der Waals surface area contributed by atoms with Crippen molar-refractivity contribution in [2.24, 2.45) is 0 Å². The normalized spacial score (nSPS) is 20.3. The van der Waals surface area contributed by atoms with E-state index >= 15 is 0 Å². The quantitative estimate of drug-likeness (QED) is 0.548. The second-order valence-electron chi connectivity index (χ2n) is 8.08. The lowest BCUT2D eigenvalue weighted by atomic mass is 9.96. The first-order valence-corrected chi connectivity index (χ1v) is 10.4. The highest BCUT2D eigenvalue weighted by Gasteiger charge is 2.47. The summed E-state index contributed by atoms with van der Waals surface area (Å²) in [6.45, 7) is 0.477. The molecule has 1 aromatic heterocycles. The maximum Gasteiger partial charge on any atom is 0.410 e. The Kier molecular flexibility index (Phi) is 4.91. The van der Waals surface area contributed by atoms with E-state index in [1.54, 1.807) is 4.90 Å². The van der Waals surface area contributed by atoms with E-state index < -0.39 is 30.0 Å². The third-order valence-corrected chi connectivity index (χ3v) is 6.10. The van der Waals surface area contributed by atoms with Gasteiger partial charge < -0.3 is 10.2 Å². The number of alkyl halides is 3. The van der Waals surface area contributed by atoms with Crippen LogP contribution < -0.4 is 10.2 Å².